The van der Waals surface area contributed by atoms with Gasteiger partial charge in [0.2, 0.25) is 5.91 Å². The smallest absolute Gasteiger partial charge is 0.328 e. The van der Waals surface area contributed by atoms with Crippen molar-refractivity contribution in [2.75, 3.05) is 7.11 Å². The van der Waals surface area contributed by atoms with Crippen LogP contribution in [0.4, 0.5) is 0 Å². The number of aliphatic hydroxyl groups is 1. The van der Waals surface area contributed by atoms with E-state index >= 15 is 0 Å². The van der Waals surface area contributed by atoms with E-state index in [9.17, 15) is 9.59 Å². The second-order valence-electron chi connectivity index (χ2n) is 3.02. The van der Waals surface area contributed by atoms with Gasteiger partial charge in [0.25, 0.3) is 0 Å². The van der Waals surface area contributed by atoms with Gasteiger partial charge in [0, 0.05) is 0 Å². The highest BCUT2D eigenvalue weighted by atomic mass is 16.5. The summed E-state index contributed by atoms with van der Waals surface area (Å²) in [5, 5.41) is 11.3. The number of ether oxygens (including phenoxy) is 1. The Hall–Kier alpha value is -1.14. The second kappa shape index (κ2) is 5.56. The molecule has 0 fully saturated rings. The van der Waals surface area contributed by atoms with Crippen molar-refractivity contribution in [2.45, 2.75) is 32.0 Å². The molecule has 0 aliphatic rings. The maximum Gasteiger partial charge on any atom is 0.328 e. The van der Waals surface area contributed by atoms with Crippen molar-refractivity contribution in [2.24, 2.45) is 5.73 Å². The van der Waals surface area contributed by atoms with E-state index in [1.54, 1.807) is 0 Å². The molecule has 0 heterocycles. The molecule has 6 nitrogen and oxygen atoms in total. The predicted molar refractivity (Wildman–Crippen MR) is 49.3 cm³/mol. The third-order valence-electron chi connectivity index (χ3n) is 1.74. The Labute approximate surface area is 82.4 Å². The number of carbonyl (C=O) groups excluding carboxylic acids is 2. The molecule has 0 saturated heterocycles. The Kier molecular flexibility index (Phi) is 5.11. The van der Waals surface area contributed by atoms with E-state index in [2.05, 4.69) is 10.1 Å². The average molecular weight is 204 g/mol. The molecule has 3 atom stereocenters. The minimum absolute atomic E-state index is 0.559. The summed E-state index contributed by atoms with van der Waals surface area (Å²) in [5.41, 5.74) is 5.34. The topological polar surface area (TPSA) is 102 Å². The maximum atomic E-state index is 11.2. The zero-order chi connectivity index (χ0) is 11.3. The standard InChI is InChI=1S/C8H16N2O4/c1-4(8(13)14-3)10-7(12)6(9)5(2)11/h4-6,11H,9H2,1-3H3,(H,10,12). The van der Waals surface area contributed by atoms with Crippen LogP contribution in [-0.2, 0) is 14.3 Å². The van der Waals surface area contributed by atoms with Gasteiger partial charge in [0.15, 0.2) is 0 Å². The third-order valence-corrected chi connectivity index (χ3v) is 1.74. The van der Waals surface area contributed by atoms with Crippen LogP contribution in [0.25, 0.3) is 0 Å². The van der Waals surface area contributed by atoms with Gasteiger partial charge >= 0.3 is 5.97 Å². The van der Waals surface area contributed by atoms with E-state index in [4.69, 9.17) is 10.8 Å². The Balaban J connectivity index is 4.12. The number of nitrogens with one attached hydrogen (secondary N) is 1. The number of hydrogen-bond acceptors (Lipinski definition) is 5. The van der Waals surface area contributed by atoms with Crippen LogP contribution in [0.5, 0.6) is 0 Å². The average Bonchev–Trinajstić information content (AvgIpc) is 2.14. The molecule has 6 heteroatoms. The zero-order valence-corrected chi connectivity index (χ0v) is 8.48. The van der Waals surface area contributed by atoms with Gasteiger partial charge < -0.3 is 20.9 Å². The molecule has 82 valence electrons. The number of esters is 1. The first kappa shape index (κ1) is 12.9. The highest BCUT2D eigenvalue weighted by molar-refractivity contribution is 5.87. The molecule has 1 amide bonds. The van der Waals surface area contributed by atoms with Crippen molar-refractivity contribution in [1.29, 1.82) is 0 Å². The third kappa shape index (κ3) is 3.71. The molecule has 0 saturated carbocycles. The highest BCUT2D eigenvalue weighted by Crippen LogP contribution is 1.92. The lowest BCUT2D eigenvalue weighted by atomic mass is 10.2. The molecule has 0 aliphatic carbocycles. The Bertz CT molecular complexity index is 217. The lowest BCUT2D eigenvalue weighted by Gasteiger charge is -2.17. The van der Waals surface area contributed by atoms with E-state index < -0.39 is 30.1 Å². The first-order chi connectivity index (χ1) is 6.40. The molecule has 0 radical (unpaired) electrons. The van der Waals surface area contributed by atoms with E-state index in [-0.39, 0.29) is 0 Å². The van der Waals surface area contributed by atoms with Gasteiger partial charge in [-0.25, -0.2) is 4.79 Å². The van der Waals surface area contributed by atoms with Crippen LogP contribution in [0.1, 0.15) is 13.8 Å². The van der Waals surface area contributed by atoms with E-state index in [0.717, 1.165) is 0 Å². The second-order valence-corrected chi connectivity index (χ2v) is 3.02. The fourth-order valence-electron chi connectivity index (χ4n) is 0.764. The Morgan fingerprint density at radius 2 is 1.93 bits per heavy atom. The van der Waals surface area contributed by atoms with Crippen molar-refractivity contribution in [3.8, 4) is 0 Å². The molecule has 0 bridgehead atoms. The van der Waals surface area contributed by atoms with Gasteiger partial charge in [-0.3, -0.25) is 4.79 Å². The molecule has 0 rings (SSSR count). The van der Waals surface area contributed by atoms with Gasteiger partial charge in [0.05, 0.1) is 13.2 Å². The highest BCUT2D eigenvalue weighted by Gasteiger charge is 2.23. The minimum atomic E-state index is -1.04. The molecular formula is C8H16N2O4. The summed E-state index contributed by atoms with van der Waals surface area (Å²) in [5.74, 6) is -1.14. The molecule has 3 unspecified atom stereocenters. The van der Waals surface area contributed by atoms with Gasteiger partial charge in [-0.15, -0.1) is 0 Å². The van der Waals surface area contributed by atoms with Gasteiger partial charge in [-0.05, 0) is 13.8 Å². The number of aliphatic hydroxyl groups excluding tert-OH is 1. The Morgan fingerprint density at radius 3 is 2.29 bits per heavy atom. The van der Waals surface area contributed by atoms with Gasteiger partial charge in [-0.2, -0.15) is 0 Å². The van der Waals surface area contributed by atoms with Crippen molar-refractivity contribution in [3.05, 3.63) is 0 Å². The number of amides is 1. The van der Waals surface area contributed by atoms with Crippen LogP contribution < -0.4 is 11.1 Å². The molecule has 0 spiro atoms. The molecule has 4 N–H and O–H groups in total. The molecule has 14 heavy (non-hydrogen) atoms. The summed E-state index contributed by atoms with van der Waals surface area (Å²) in [4.78, 5) is 22.1. The van der Waals surface area contributed by atoms with E-state index in [1.807, 2.05) is 0 Å². The minimum Gasteiger partial charge on any atom is -0.467 e. The number of nitrogens with two attached hydrogens (primary N) is 1. The van der Waals surface area contributed by atoms with Crippen molar-refractivity contribution >= 4 is 11.9 Å². The largest absolute Gasteiger partial charge is 0.467 e. The van der Waals surface area contributed by atoms with Crippen molar-refractivity contribution in [1.82, 2.24) is 5.32 Å². The predicted octanol–water partition coefficient (Wildman–Crippen LogP) is -1.63. The first-order valence-corrected chi connectivity index (χ1v) is 4.22. The Morgan fingerprint density at radius 1 is 1.43 bits per heavy atom. The van der Waals surface area contributed by atoms with Crippen molar-refractivity contribution in [3.63, 3.8) is 0 Å². The summed E-state index contributed by atoms with van der Waals surface area (Å²) < 4.78 is 4.40. The molecular weight excluding hydrogens is 188 g/mol. The van der Waals surface area contributed by atoms with Crippen LogP contribution >= 0.6 is 0 Å². The lowest BCUT2D eigenvalue weighted by molar-refractivity contribution is -0.144. The SMILES string of the molecule is COC(=O)C(C)NC(=O)C(N)C(C)O. The number of rotatable bonds is 4. The monoisotopic (exact) mass is 204 g/mol. The van der Waals surface area contributed by atoms with Crippen LogP contribution in [0, 0.1) is 0 Å². The van der Waals surface area contributed by atoms with Crippen LogP contribution in [-0.4, -0.2) is 42.3 Å². The maximum absolute atomic E-state index is 11.2. The summed E-state index contributed by atoms with van der Waals surface area (Å²) in [6.45, 7) is 2.87. The summed E-state index contributed by atoms with van der Waals surface area (Å²) in [6.07, 6.45) is -0.958. The van der Waals surface area contributed by atoms with Crippen molar-refractivity contribution < 1.29 is 19.4 Å². The first-order valence-electron chi connectivity index (χ1n) is 4.22. The molecule has 0 aromatic rings. The van der Waals surface area contributed by atoms with E-state index in [0.29, 0.717) is 0 Å². The van der Waals surface area contributed by atoms with E-state index in [1.165, 1.54) is 21.0 Å². The van der Waals surface area contributed by atoms with Crippen LogP contribution in [0.3, 0.4) is 0 Å². The van der Waals surface area contributed by atoms with Gasteiger partial charge in [0.1, 0.15) is 12.1 Å². The molecule has 0 aromatic carbocycles. The zero-order valence-electron chi connectivity index (χ0n) is 8.48. The number of methoxy groups -OCH3 is 1. The van der Waals surface area contributed by atoms with Crippen LogP contribution in [0.2, 0.25) is 0 Å². The molecule has 0 aliphatic heterocycles. The number of carbonyl (C=O) groups is 2. The fraction of sp³-hybridized carbons (Fsp3) is 0.750. The normalized spacial score (nSPS) is 16.6. The summed E-state index contributed by atoms with van der Waals surface area (Å²) in [6, 6.07) is -1.81. The summed E-state index contributed by atoms with van der Waals surface area (Å²) in [7, 11) is 1.22. The fourth-order valence-corrected chi connectivity index (χ4v) is 0.764. The van der Waals surface area contributed by atoms with Crippen LogP contribution in [0.15, 0.2) is 0 Å². The van der Waals surface area contributed by atoms with Gasteiger partial charge in [-0.1, -0.05) is 0 Å². The quantitative estimate of drug-likeness (QED) is 0.477. The lowest BCUT2D eigenvalue weighted by Crippen LogP contribution is -2.51. The number of hydrogen-bond donors (Lipinski definition) is 3. The summed E-state index contributed by atoms with van der Waals surface area (Å²) >= 11 is 0. The molecule has 0 aromatic heterocycles.